The van der Waals surface area contributed by atoms with E-state index in [1.54, 1.807) is 0 Å². The minimum Gasteiger partial charge on any atom is -0.481 e. The Labute approximate surface area is 111 Å². The van der Waals surface area contributed by atoms with Crippen LogP contribution >= 0.6 is 0 Å². The SMILES string of the molecule is CS(=O)(=O)CCCCCCCCCCCC(=O)O. The summed E-state index contributed by atoms with van der Waals surface area (Å²) in [6, 6.07) is 0. The molecule has 0 amide bonds. The molecule has 0 aromatic heterocycles. The Morgan fingerprint density at radius 2 is 1.22 bits per heavy atom. The van der Waals surface area contributed by atoms with E-state index < -0.39 is 15.8 Å². The Balaban J connectivity index is 3.10. The molecule has 108 valence electrons. The van der Waals surface area contributed by atoms with Gasteiger partial charge in [-0.25, -0.2) is 8.42 Å². The van der Waals surface area contributed by atoms with Gasteiger partial charge in [0.1, 0.15) is 9.84 Å². The molecule has 5 heteroatoms. The van der Waals surface area contributed by atoms with Crippen LogP contribution in [0.5, 0.6) is 0 Å². The van der Waals surface area contributed by atoms with Crippen LogP contribution in [0.2, 0.25) is 0 Å². The summed E-state index contributed by atoms with van der Waals surface area (Å²) in [7, 11) is -2.79. The topological polar surface area (TPSA) is 71.4 Å². The zero-order valence-corrected chi connectivity index (χ0v) is 12.2. The van der Waals surface area contributed by atoms with Crippen LogP contribution in [0.15, 0.2) is 0 Å². The predicted octanol–water partition coefficient (Wildman–Crippen LogP) is 3.02. The van der Waals surface area contributed by atoms with Gasteiger partial charge in [0.2, 0.25) is 0 Å². The Bertz CT molecular complexity index is 309. The Kier molecular flexibility index (Phi) is 10.0. The molecule has 0 bridgehead atoms. The molecule has 0 atom stereocenters. The third-order valence-corrected chi connectivity index (χ3v) is 3.94. The molecule has 0 heterocycles. The molecule has 0 aliphatic heterocycles. The van der Waals surface area contributed by atoms with E-state index in [0.29, 0.717) is 5.75 Å². The van der Waals surface area contributed by atoms with Gasteiger partial charge in [-0.15, -0.1) is 0 Å². The van der Waals surface area contributed by atoms with E-state index in [9.17, 15) is 13.2 Å². The molecular formula is C13H26O4S. The monoisotopic (exact) mass is 278 g/mol. The van der Waals surface area contributed by atoms with Crippen molar-refractivity contribution < 1.29 is 18.3 Å². The summed E-state index contributed by atoms with van der Waals surface area (Å²) >= 11 is 0. The molecule has 0 rings (SSSR count). The highest BCUT2D eigenvalue weighted by Gasteiger charge is 2.01. The summed E-state index contributed by atoms with van der Waals surface area (Å²) in [4.78, 5) is 10.3. The standard InChI is InChI=1S/C13H26O4S/c1-18(16,17)12-10-8-6-4-2-3-5-7-9-11-13(14)15/h2-12H2,1H3,(H,14,15). The van der Waals surface area contributed by atoms with Crippen LogP contribution in [0.1, 0.15) is 64.2 Å². The maximum absolute atomic E-state index is 10.9. The minimum atomic E-state index is -2.79. The van der Waals surface area contributed by atoms with E-state index in [-0.39, 0.29) is 6.42 Å². The summed E-state index contributed by atoms with van der Waals surface area (Å²) < 4.78 is 21.7. The lowest BCUT2D eigenvalue weighted by atomic mass is 10.1. The number of carboxylic acid groups (broad SMARTS) is 1. The molecule has 0 fully saturated rings. The number of rotatable bonds is 12. The van der Waals surface area contributed by atoms with Gasteiger partial charge in [-0.2, -0.15) is 0 Å². The Morgan fingerprint density at radius 3 is 1.61 bits per heavy atom. The second-order valence-electron chi connectivity index (χ2n) is 4.96. The van der Waals surface area contributed by atoms with Crippen LogP contribution < -0.4 is 0 Å². The number of aliphatic carboxylic acids is 1. The van der Waals surface area contributed by atoms with Crippen molar-refractivity contribution >= 4 is 15.8 Å². The Hall–Kier alpha value is -0.580. The van der Waals surface area contributed by atoms with E-state index in [2.05, 4.69) is 0 Å². The zero-order valence-electron chi connectivity index (χ0n) is 11.4. The highest BCUT2D eigenvalue weighted by atomic mass is 32.2. The largest absolute Gasteiger partial charge is 0.481 e. The van der Waals surface area contributed by atoms with Crippen molar-refractivity contribution in [2.75, 3.05) is 12.0 Å². The van der Waals surface area contributed by atoms with Crippen LogP contribution in [0.25, 0.3) is 0 Å². The Morgan fingerprint density at radius 1 is 0.833 bits per heavy atom. The van der Waals surface area contributed by atoms with Crippen molar-refractivity contribution in [3.05, 3.63) is 0 Å². The van der Waals surface area contributed by atoms with Gasteiger partial charge >= 0.3 is 5.97 Å². The number of carbonyl (C=O) groups is 1. The quantitative estimate of drug-likeness (QED) is 0.557. The van der Waals surface area contributed by atoms with Gasteiger partial charge in [0.15, 0.2) is 0 Å². The molecule has 18 heavy (non-hydrogen) atoms. The lowest BCUT2D eigenvalue weighted by molar-refractivity contribution is -0.137. The normalized spacial score (nSPS) is 11.6. The molecule has 0 radical (unpaired) electrons. The highest BCUT2D eigenvalue weighted by Crippen LogP contribution is 2.10. The van der Waals surface area contributed by atoms with Crippen molar-refractivity contribution in [2.24, 2.45) is 0 Å². The molecule has 4 nitrogen and oxygen atoms in total. The average molecular weight is 278 g/mol. The number of sulfone groups is 1. The summed E-state index contributed by atoms with van der Waals surface area (Å²) in [5.41, 5.74) is 0. The molecule has 0 aromatic rings. The van der Waals surface area contributed by atoms with Gasteiger partial charge in [0.25, 0.3) is 0 Å². The van der Waals surface area contributed by atoms with Gasteiger partial charge in [0.05, 0.1) is 0 Å². The van der Waals surface area contributed by atoms with Crippen LogP contribution in [0.4, 0.5) is 0 Å². The molecular weight excluding hydrogens is 252 g/mol. The lowest BCUT2D eigenvalue weighted by Gasteiger charge is -2.02. The average Bonchev–Trinajstić information content (AvgIpc) is 2.24. The number of hydrogen-bond acceptors (Lipinski definition) is 3. The highest BCUT2D eigenvalue weighted by molar-refractivity contribution is 7.90. The second-order valence-corrected chi connectivity index (χ2v) is 7.22. The first-order valence-corrected chi connectivity index (χ1v) is 8.87. The van der Waals surface area contributed by atoms with Gasteiger partial charge < -0.3 is 5.11 Å². The van der Waals surface area contributed by atoms with E-state index in [4.69, 9.17) is 5.11 Å². The van der Waals surface area contributed by atoms with Crippen LogP contribution in [0.3, 0.4) is 0 Å². The van der Waals surface area contributed by atoms with Crippen molar-refractivity contribution in [2.45, 2.75) is 64.2 Å². The van der Waals surface area contributed by atoms with Gasteiger partial charge in [-0.05, 0) is 12.8 Å². The van der Waals surface area contributed by atoms with E-state index in [1.165, 1.54) is 12.7 Å². The number of unbranched alkanes of at least 4 members (excludes halogenated alkanes) is 8. The molecule has 0 saturated carbocycles. The third-order valence-electron chi connectivity index (χ3n) is 2.91. The van der Waals surface area contributed by atoms with E-state index in [0.717, 1.165) is 51.4 Å². The molecule has 0 spiro atoms. The van der Waals surface area contributed by atoms with E-state index in [1.807, 2.05) is 0 Å². The number of carboxylic acids is 1. The fourth-order valence-corrected chi connectivity index (χ4v) is 2.61. The van der Waals surface area contributed by atoms with Crippen molar-refractivity contribution in [1.82, 2.24) is 0 Å². The van der Waals surface area contributed by atoms with Crippen molar-refractivity contribution in [3.8, 4) is 0 Å². The van der Waals surface area contributed by atoms with Crippen LogP contribution in [-0.2, 0) is 14.6 Å². The second kappa shape index (κ2) is 10.4. The van der Waals surface area contributed by atoms with Crippen molar-refractivity contribution in [1.29, 1.82) is 0 Å². The fraction of sp³-hybridized carbons (Fsp3) is 0.923. The zero-order chi connectivity index (χ0) is 13.9. The molecule has 0 aliphatic rings. The summed E-state index contributed by atoms with van der Waals surface area (Å²) in [6.07, 6.45) is 10.8. The molecule has 0 aromatic carbocycles. The van der Waals surface area contributed by atoms with E-state index >= 15 is 0 Å². The first-order chi connectivity index (χ1) is 8.42. The summed E-state index contributed by atoms with van der Waals surface area (Å²) in [5.74, 6) is -0.400. The van der Waals surface area contributed by atoms with Gasteiger partial charge in [0, 0.05) is 18.4 Å². The maximum atomic E-state index is 10.9. The maximum Gasteiger partial charge on any atom is 0.303 e. The molecule has 0 unspecified atom stereocenters. The first-order valence-electron chi connectivity index (χ1n) is 6.81. The molecule has 1 N–H and O–H groups in total. The smallest absolute Gasteiger partial charge is 0.303 e. The molecule has 0 aliphatic carbocycles. The third kappa shape index (κ3) is 15.4. The van der Waals surface area contributed by atoms with Crippen LogP contribution in [0, 0.1) is 0 Å². The first kappa shape index (κ1) is 17.4. The van der Waals surface area contributed by atoms with Gasteiger partial charge in [-0.3, -0.25) is 4.79 Å². The molecule has 0 saturated heterocycles. The summed E-state index contributed by atoms with van der Waals surface area (Å²) in [5, 5.41) is 8.45. The fourth-order valence-electron chi connectivity index (χ4n) is 1.88. The summed E-state index contributed by atoms with van der Waals surface area (Å²) in [6.45, 7) is 0. The lowest BCUT2D eigenvalue weighted by Crippen LogP contribution is -2.02. The minimum absolute atomic E-state index is 0.283. The van der Waals surface area contributed by atoms with Crippen molar-refractivity contribution in [3.63, 3.8) is 0 Å². The van der Waals surface area contributed by atoms with Gasteiger partial charge in [-0.1, -0.05) is 44.9 Å². The number of hydrogen-bond donors (Lipinski definition) is 1. The van der Waals surface area contributed by atoms with Crippen LogP contribution in [-0.4, -0.2) is 31.5 Å². The predicted molar refractivity (Wildman–Crippen MR) is 73.5 cm³/mol.